The minimum absolute atomic E-state index is 0.0551. The number of anilines is 2. The normalized spacial score (nSPS) is 11.8. The lowest BCUT2D eigenvalue weighted by molar-refractivity contribution is 0.222. The molecule has 1 aromatic carbocycles. The van der Waals surface area contributed by atoms with Crippen LogP contribution in [0.4, 0.5) is 16.2 Å². The summed E-state index contributed by atoms with van der Waals surface area (Å²) in [7, 11) is 1.97. The van der Waals surface area contributed by atoms with Gasteiger partial charge in [0.05, 0.1) is 24.0 Å². The topological polar surface area (TPSA) is 64.6 Å². The van der Waals surface area contributed by atoms with E-state index in [1.165, 1.54) is 0 Å². The second-order valence-electron chi connectivity index (χ2n) is 4.42. The van der Waals surface area contributed by atoms with Crippen molar-refractivity contribution in [2.75, 3.05) is 30.4 Å². The van der Waals surface area contributed by atoms with Gasteiger partial charge in [-0.05, 0) is 25.5 Å². The molecule has 0 spiro atoms. The third kappa shape index (κ3) is 4.44. The van der Waals surface area contributed by atoms with Gasteiger partial charge in [0.1, 0.15) is 0 Å². The molecule has 0 aromatic heterocycles. The van der Waals surface area contributed by atoms with Crippen LogP contribution in [0.1, 0.15) is 20.3 Å². The van der Waals surface area contributed by atoms with Crippen LogP contribution in [0.15, 0.2) is 24.3 Å². The lowest BCUT2D eigenvalue weighted by Crippen LogP contribution is -2.40. The Kier molecular flexibility index (Phi) is 6.15. The molecule has 0 unspecified atom stereocenters. The Morgan fingerprint density at radius 1 is 1.37 bits per heavy atom. The zero-order valence-corrected chi connectivity index (χ0v) is 11.8. The summed E-state index contributed by atoms with van der Waals surface area (Å²) < 4.78 is 0. The maximum atomic E-state index is 11.9. The number of para-hydroxylation sites is 2. The number of aliphatic hydroxyl groups excluding tert-OH is 1. The Labute approximate surface area is 114 Å². The summed E-state index contributed by atoms with van der Waals surface area (Å²) in [5, 5.41) is 14.6. The molecule has 0 aliphatic heterocycles. The first-order valence-corrected chi connectivity index (χ1v) is 6.60. The van der Waals surface area contributed by atoms with Crippen LogP contribution in [0, 0.1) is 0 Å². The number of hydrogen-bond acceptors (Lipinski definition) is 3. The second kappa shape index (κ2) is 7.63. The maximum absolute atomic E-state index is 11.9. The molecule has 1 rings (SSSR count). The zero-order valence-electron chi connectivity index (χ0n) is 11.8. The Morgan fingerprint density at radius 2 is 2.05 bits per heavy atom. The molecule has 1 atom stereocenters. The van der Waals surface area contributed by atoms with Crippen LogP contribution >= 0.6 is 0 Å². The highest BCUT2D eigenvalue weighted by Gasteiger charge is 2.11. The van der Waals surface area contributed by atoms with E-state index in [0.29, 0.717) is 6.42 Å². The van der Waals surface area contributed by atoms with Crippen molar-refractivity contribution in [3.05, 3.63) is 24.3 Å². The van der Waals surface area contributed by atoms with E-state index in [0.717, 1.165) is 17.9 Å². The zero-order chi connectivity index (χ0) is 14.3. The number of benzene rings is 1. The summed E-state index contributed by atoms with van der Waals surface area (Å²) in [5.41, 5.74) is 1.73. The molecule has 0 aliphatic rings. The highest BCUT2D eigenvalue weighted by atomic mass is 16.3. The van der Waals surface area contributed by atoms with Crippen molar-refractivity contribution in [1.29, 1.82) is 0 Å². The number of nitrogens with one attached hydrogen (secondary N) is 2. The second-order valence-corrected chi connectivity index (χ2v) is 4.42. The summed E-state index contributed by atoms with van der Waals surface area (Å²) in [4.78, 5) is 13.9. The highest BCUT2D eigenvalue weighted by Crippen LogP contribution is 2.24. The number of aliphatic hydroxyl groups is 1. The molecule has 0 fully saturated rings. The first-order chi connectivity index (χ1) is 9.12. The smallest absolute Gasteiger partial charge is 0.319 e. The standard InChI is InChI=1S/C14H23N3O2/c1-4-11(10-18)15-14(19)16-12-8-6-7-9-13(12)17(3)5-2/h6-9,11,18H,4-5,10H2,1-3H3,(H2,15,16,19)/t11-/m0/s1. The molecule has 1 aromatic rings. The minimum atomic E-state index is -0.294. The van der Waals surface area contributed by atoms with E-state index in [4.69, 9.17) is 5.11 Å². The van der Waals surface area contributed by atoms with Gasteiger partial charge >= 0.3 is 6.03 Å². The van der Waals surface area contributed by atoms with Crippen molar-refractivity contribution in [3.8, 4) is 0 Å². The number of nitrogens with zero attached hydrogens (tertiary/aromatic N) is 1. The number of carbonyl (C=O) groups is 1. The molecule has 0 radical (unpaired) electrons. The predicted octanol–water partition coefficient (Wildman–Crippen LogP) is 2.04. The average molecular weight is 265 g/mol. The van der Waals surface area contributed by atoms with Gasteiger partial charge in [0.15, 0.2) is 0 Å². The van der Waals surface area contributed by atoms with E-state index >= 15 is 0 Å². The molecule has 2 amide bonds. The Balaban J connectivity index is 2.74. The molecule has 19 heavy (non-hydrogen) atoms. The largest absolute Gasteiger partial charge is 0.394 e. The fourth-order valence-corrected chi connectivity index (χ4v) is 1.70. The van der Waals surface area contributed by atoms with Gasteiger partial charge in [-0.1, -0.05) is 19.1 Å². The fraction of sp³-hybridized carbons (Fsp3) is 0.500. The van der Waals surface area contributed by atoms with E-state index in [2.05, 4.69) is 22.5 Å². The number of hydrogen-bond donors (Lipinski definition) is 3. The quantitative estimate of drug-likeness (QED) is 0.737. The first kappa shape index (κ1) is 15.3. The summed E-state index contributed by atoms with van der Waals surface area (Å²) in [5.74, 6) is 0. The van der Waals surface area contributed by atoms with Gasteiger partial charge < -0.3 is 20.6 Å². The van der Waals surface area contributed by atoms with Gasteiger partial charge in [-0.3, -0.25) is 0 Å². The lowest BCUT2D eigenvalue weighted by atomic mass is 10.2. The van der Waals surface area contributed by atoms with Crippen molar-refractivity contribution in [2.24, 2.45) is 0 Å². The Hall–Kier alpha value is -1.75. The molecule has 0 saturated heterocycles. The van der Waals surface area contributed by atoms with Gasteiger partial charge in [0.2, 0.25) is 0 Å². The highest BCUT2D eigenvalue weighted by molar-refractivity contribution is 5.93. The molecule has 0 saturated carbocycles. The van der Waals surface area contributed by atoms with E-state index in [1.54, 1.807) is 0 Å². The summed E-state index contributed by atoms with van der Waals surface area (Å²) >= 11 is 0. The molecular weight excluding hydrogens is 242 g/mol. The third-order valence-corrected chi connectivity index (χ3v) is 3.09. The van der Waals surface area contributed by atoms with Crippen LogP contribution in [0.3, 0.4) is 0 Å². The van der Waals surface area contributed by atoms with Gasteiger partial charge in [-0.2, -0.15) is 0 Å². The number of amides is 2. The summed E-state index contributed by atoms with van der Waals surface area (Å²) in [6.07, 6.45) is 0.695. The van der Waals surface area contributed by atoms with Gasteiger partial charge in [0, 0.05) is 13.6 Å². The van der Waals surface area contributed by atoms with Crippen molar-refractivity contribution in [3.63, 3.8) is 0 Å². The van der Waals surface area contributed by atoms with Crippen LogP contribution in [0.2, 0.25) is 0 Å². The molecular formula is C14H23N3O2. The van der Waals surface area contributed by atoms with Crippen molar-refractivity contribution in [1.82, 2.24) is 5.32 Å². The first-order valence-electron chi connectivity index (χ1n) is 6.60. The van der Waals surface area contributed by atoms with Crippen LogP contribution in [0.5, 0.6) is 0 Å². The van der Waals surface area contributed by atoms with Crippen molar-refractivity contribution >= 4 is 17.4 Å². The van der Waals surface area contributed by atoms with Gasteiger partial charge in [-0.15, -0.1) is 0 Å². The summed E-state index contributed by atoms with van der Waals surface area (Å²) in [6.45, 7) is 4.77. The van der Waals surface area contributed by atoms with Crippen LogP contribution in [-0.2, 0) is 0 Å². The van der Waals surface area contributed by atoms with Crippen LogP contribution < -0.4 is 15.5 Å². The molecule has 5 nitrogen and oxygen atoms in total. The Morgan fingerprint density at radius 3 is 2.63 bits per heavy atom. The average Bonchev–Trinajstić information content (AvgIpc) is 2.44. The fourth-order valence-electron chi connectivity index (χ4n) is 1.70. The monoisotopic (exact) mass is 265 g/mol. The van der Waals surface area contributed by atoms with Gasteiger partial charge in [-0.25, -0.2) is 4.79 Å². The van der Waals surface area contributed by atoms with E-state index in [-0.39, 0.29) is 18.7 Å². The molecule has 0 aliphatic carbocycles. The van der Waals surface area contributed by atoms with E-state index in [1.807, 2.05) is 38.2 Å². The van der Waals surface area contributed by atoms with E-state index in [9.17, 15) is 4.79 Å². The predicted molar refractivity (Wildman–Crippen MR) is 78.7 cm³/mol. The number of urea groups is 1. The SMILES string of the molecule is CC[C@@H](CO)NC(=O)Nc1ccccc1N(C)CC. The molecule has 3 N–H and O–H groups in total. The molecule has 0 bridgehead atoms. The lowest BCUT2D eigenvalue weighted by Gasteiger charge is -2.21. The van der Waals surface area contributed by atoms with Crippen LogP contribution in [-0.4, -0.2) is 37.4 Å². The Bertz CT molecular complexity index is 405. The molecule has 0 heterocycles. The third-order valence-electron chi connectivity index (χ3n) is 3.09. The van der Waals surface area contributed by atoms with Gasteiger partial charge in [0.25, 0.3) is 0 Å². The minimum Gasteiger partial charge on any atom is -0.394 e. The van der Waals surface area contributed by atoms with Crippen molar-refractivity contribution < 1.29 is 9.90 Å². The molecule has 106 valence electrons. The summed E-state index contributed by atoms with van der Waals surface area (Å²) in [6, 6.07) is 7.14. The van der Waals surface area contributed by atoms with E-state index < -0.39 is 0 Å². The number of rotatable bonds is 6. The van der Waals surface area contributed by atoms with Crippen molar-refractivity contribution in [2.45, 2.75) is 26.3 Å². The number of carbonyl (C=O) groups excluding carboxylic acids is 1. The molecule has 5 heteroatoms. The van der Waals surface area contributed by atoms with Crippen LogP contribution in [0.25, 0.3) is 0 Å². The maximum Gasteiger partial charge on any atom is 0.319 e.